The van der Waals surface area contributed by atoms with Crippen molar-refractivity contribution in [2.24, 2.45) is 5.73 Å². The lowest BCUT2D eigenvalue weighted by Gasteiger charge is -2.06. The van der Waals surface area contributed by atoms with Gasteiger partial charge in [-0.05, 0) is 37.9 Å². The van der Waals surface area contributed by atoms with Crippen LogP contribution >= 0.6 is 0 Å². The highest BCUT2D eigenvalue weighted by molar-refractivity contribution is 5.53. The highest BCUT2D eigenvalue weighted by atomic mass is 16.6. The van der Waals surface area contributed by atoms with Crippen LogP contribution in [0.15, 0.2) is 18.2 Å². The Kier molecular flexibility index (Phi) is 4.72. The van der Waals surface area contributed by atoms with Crippen LogP contribution < -0.4 is 11.1 Å². The maximum Gasteiger partial charge on any atom is 0.271 e. The van der Waals surface area contributed by atoms with Crippen molar-refractivity contribution in [3.8, 4) is 0 Å². The van der Waals surface area contributed by atoms with E-state index in [9.17, 15) is 10.1 Å². The second-order valence-corrected chi connectivity index (χ2v) is 3.74. The van der Waals surface area contributed by atoms with Gasteiger partial charge < -0.3 is 11.1 Å². The van der Waals surface area contributed by atoms with Crippen molar-refractivity contribution in [1.82, 2.24) is 0 Å². The van der Waals surface area contributed by atoms with Crippen LogP contribution in [0.2, 0.25) is 0 Å². The van der Waals surface area contributed by atoms with E-state index in [1.165, 1.54) is 0 Å². The number of nitrogens with two attached hydrogens (primary N) is 1. The number of benzene rings is 1. The number of anilines is 1. The molecule has 5 nitrogen and oxygen atoms in total. The summed E-state index contributed by atoms with van der Waals surface area (Å²) >= 11 is 0. The molecule has 1 aromatic carbocycles. The van der Waals surface area contributed by atoms with Crippen LogP contribution in [0, 0.1) is 17.0 Å². The Hall–Kier alpha value is -1.62. The number of nitro groups is 1. The van der Waals surface area contributed by atoms with Crippen LogP contribution in [0.1, 0.15) is 18.4 Å². The predicted octanol–water partition coefficient (Wildman–Crippen LogP) is 2.05. The summed E-state index contributed by atoms with van der Waals surface area (Å²) in [6.45, 7) is 3.31. The van der Waals surface area contributed by atoms with Crippen molar-refractivity contribution >= 4 is 11.4 Å². The second kappa shape index (κ2) is 6.07. The third-order valence-corrected chi connectivity index (χ3v) is 2.23. The Labute approximate surface area is 94.8 Å². The number of rotatable bonds is 6. The molecule has 88 valence electrons. The van der Waals surface area contributed by atoms with E-state index in [0.29, 0.717) is 6.54 Å². The fourth-order valence-corrected chi connectivity index (χ4v) is 1.47. The van der Waals surface area contributed by atoms with Crippen LogP contribution in [-0.2, 0) is 0 Å². The average molecular weight is 223 g/mol. The highest BCUT2D eigenvalue weighted by Gasteiger charge is 2.07. The topological polar surface area (TPSA) is 81.2 Å². The zero-order chi connectivity index (χ0) is 12.0. The number of unbranched alkanes of at least 4 members (excludes halogenated alkanes) is 1. The first-order valence-electron chi connectivity index (χ1n) is 5.33. The molecule has 1 rings (SSSR count). The van der Waals surface area contributed by atoms with Gasteiger partial charge >= 0.3 is 0 Å². The van der Waals surface area contributed by atoms with Gasteiger partial charge in [-0.2, -0.15) is 0 Å². The zero-order valence-corrected chi connectivity index (χ0v) is 9.40. The van der Waals surface area contributed by atoms with Gasteiger partial charge in [-0.15, -0.1) is 0 Å². The third kappa shape index (κ3) is 3.86. The Morgan fingerprint density at radius 2 is 2.12 bits per heavy atom. The number of nitrogens with zero attached hydrogens (tertiary/aromatic N) is 1. The summed E-state index contributed by atoms with van der Waals surface area (Å²) in [5, 5.41) is 13.8. The molecule has 0 unspecified atom stereocenters. The van der Waals surface area contributed by atoms with E-state index < -0.39 is 0 Å². The molecule has 3 N–H and O–H groups in total. The molecule has 16 heavy (non-hydrogen) atoms. The van der Waals surface area contributed by atoms with Gasteiger partial charge in [-0.25, -0.2) is 0 Å². The number of non-ortho nitro benzene ring substituents is 1. The molecule has 0 atom stereocenters. The van der Waals surface area contributed by atoms with Crippen molar-refractivity contribution < 1.29 is 4.92 Å². The Balaban J connectivity index is 2.62. The van der Waals surface area contributed by atoms with E-state index >= 15 is 0 Å². The molecule has 0 saturated carbocycles. The first kappa shape index (κ1) is 12.4. The monoisotopic (exact) mass is 223 g/mol. The van der Waals surface area contributed by atoms with Gasteiger partial charge in [0.15, 0.2) is 0 Å². The largest absolute Gasteiger partial charge is 0.385 e. The molecule has 0 aromatic heterocycles. The lowest BCUT2D eigenvalue weighted by molar-refractivity contribution is -0.384. The molecule has 0 fully saturated rings. The van der Waals surface area contributed by atoms with Crippen LogP contribution in [0.25, 0.3) is 0 Å². The van der Waals surface area contributed by atoms with Gasteiger partial charge in [0.05, 0.1) is 4.92 Å². The van der Waals surface area contributed by atoms with Gasteiger partial charge in [0.25, 0.3) is 5.69 Å². The SMILES string of the molecule is Cc1cc(NCCCCN)cc([N+](=O)[O-])c1. The minimum absolute atomic E-state index is 0.126. The van der Waals surface area contributed by atoms with E-state index in [2.05, 4.69) is 5.32 Å². The van der Waals surface area contributed by atoms with Crippen LogP contribution in [0.3, 0.4) is 0 Å². The molecule has 0 bridgehead atoms. The molecule has 0 amide bonds. The lowest BCUT2D eigenvalue weighted by atomic mass is 10.2. The Morgan fingerprint density at radius 3 is 2.75 bits per heavy atom. The van der Waals surface area contributed by atoms with Crippen LogP contribution in [0.5, 0.6) is 0 Å². The van der Waals surface area contributed by atoms with Crippen molar-refractivity contribution in [3.63, 3.8) is 0 Å². The summed E-state index contributed by atoms with van der Waals surface area (Å²) in [6, 6.07) is 5.01. The smallest absolute Gasteiger partial charge is 0.271 e. The van der Waals surface area contributed by atoms with E-state index in [0.717, 1.165) is 30.6 Å². The van der Waals surface area contributed by atoms with E-state index in [1.807, 2.05) is 13.0 Å². The molecule has 5 heteroatoms. The van der Waals surface area contributed by atoms with Crippen molar-refractivity contribution in [3.05, 3.63) is 33.9 Å². The van der Waals surface area contributed by atoms with Gasteiger partial charge in [-0.1, -0.05) is 0 Å². The maximum atomic E-state index is 10.6. The maximum absolute atomic E-state index is 10.6. The third-order valence-electron chi connectivity index (χ3n) is 2.23. The van der Waals surface area contributed by atoms with E-state index in [4.69, 9.17) is 5.73 Å². The Morgan fingerprint density at radius 1 is 1.38 bits per heavy atom. The first-order chi connectivity index (χ1) is 7.63. The number of nitro benzene ring substituents is 1. The van der Waals surface area contributed by atoms with Crippen molar-refractivity contribution in [1.29, 1.82) is 0 Å². The lowest BCUT2D eigenvalue weighted by Crippen LogP contribution is -2.06. The summed E-state index contributed by atoms with van der Waals surface area (Å²) in [5.41, 5.74) is 7.18. The molecule has 0 spiro atoms. The minimum atomic E-state index is -0.377. The quantitative estimate of drug-likeness (QED) is 0.439. The van der Waals surface area contributed by atoms with Crippen LogP contribution in [-0.4, -0.2) is 18.0 Å². The standard InChI is InChI=1S/C11H17N3O2/c1-9-6-10(13-5-3-2-4-12)8-11(7-9)14(15)16/h6-8,13H,2-5,12H2,1H3. The number of aryl methyl sites for hydroxylation is 1. The van der Waals surface area contributed by atoms with Gasteiger partial charge in [-0.3, -0.25) is 10.1 Å². The van der Waals surface area contributed by atoms with Crippen LogP contribution in [0.4, 0.5) is 11.4 Å². The molecule has 0 aliphatic rings. The molecular formula is C11H17N3O2. The summed E-state index contributed by atoms with van der Waals surface area (Å²) < 4.78 is 0. The molecule has 0 saturated heterocycles. The van der Waals surface area contributed by atoms with E-state index in [1.54, 1.807) is 12.1 Å². The molecule has 0 radical (unpaired) electrons. The number of hydrogen-bond donors (Lipinski definition) is 2. The van der Waals surface area contributed by atoms with Crippen molar-refractivity contribution in [2.75, 3.05) is 18.4 Å². The number of hydrogen-bond acceptors (Lipinski definition) is 4. The fraction of sp³-hybridized carbons (Fsp3) is 0.455. The Bertz CT molecular complexity index is 366. The molecule has 0 aliphatic heterocycles. The first-order valence-corrected chi connectivity index (χ1v) is 5.33. The van der Waals surface area contributed by atoms with Gasteiger partial charge in [0.2, 0.25) is 0 Å². The van der Waals surface area contributed by atoms with Crippen molar-refractivity contribution in [2.45, 2.75) is 19.8 Å². The molecule has 0 heterocycles. The summed E-state index contributed by atoms with van der Waals surface area (Å²) in [7, 11) is 0. The fourth-order valence-electron chi connectivity index (χ4n) is 1.47. The van der Waals surface area contributed by atoms with E-state index in [-0.39, 0.29) is 10.6 Å². The van der Waals surface area contributed by atoms with Gasteiger partial charge in [0, 0.05) is 24.4 Å². The summed E-state index contributed by atoms with van der Waals surface area (Å²) in [6.07, 6.45) is 1.93. The minimum Gasteiger partial charge on any atom is -0.385 e. The second-order valence-electron chi connectivity index (χ2n) is 3.74. The van der Waals surface area contributed by atoms with Gasteiger partial charge in [0.1, 0.15) is 0 Å². The average Bonchev–Trinajstić information content (AvgIpc) is 2.23. The predicted molar refractivity (Wildman–Crippen MR) is 64.6 cm³/mol. The summed E-state index contributed by atoms with van der Waals surface area (Å²) in [5.74, 6) is 0. The zero-order valence-electron chi connectivity index (χ0n) is 9.40. The number of nitrogens with one attached hydrogen (secondary N) is 1. The highest BCUT2D eigenvalue weighted by Crippen LogP contribution is 2.20. The summed E-state index contributed by atoms with van der Waals surface area (Å²) in [4.78, 5) is 10.3. The molecule has 0 aliphatic carbocycles. The molecular weight excluding hydrogens is 206 g/mol. The molecule has 1 aromatic rings. The normalized spacial score (nSPS) is 10.1.